The maximum absolute atomic E-state index is 11.8. The van der Waals surface area contributed by atoms with Crippen LogP contribution >= 0.6 is 15.9 Å². The Kier molecular flexibility index (Phi) is 3.73. The van der Waals surface area contributed by atoms with E-state index in [0.29, 0.717) is 18.8 Å². The van der Waals surface area contributed by atoms with Gasteiger partial charge in [-0.3, -0.25) is 0 Å². The van der Waals surface area contributed by atoms with Gasteiger partial charge in [-0.1, -0.05) is 15.9 Å². The predicted octanol–water partition coefficient (Wildman–Crippen LogP) is 2.00. The minimum absolute atomic E-state index is 0.327. The quantitative estimate of drug-likeness (QED) is 0.640. The lowest BCUT2D eigenvalue weighted by Crippen LogP contribution is -2.12. The molecule has 2 aromatic heterocycles. The molecule has 0 unspecified atom stereocenters. The molecule has 0 saturated carbocycles. The first-order valence-corrected chi connectivity index (χ1v) is 6.42. The fraction of sp³-hybridized carbons (Fsp3) is 0.364. The van der Waals surface area contributed by atoms with Crippen molar-refractivity contribution < 1.29 is 9.53 Å². The Morgan fingerprint density at radius 1 is 1.59 bits per heavy atom. The van der Waals surface area contributed by atoms with Gasteiger partial charge in [-0.2, -0.15) is 0 Å². The standard InChI is InChI=1S/C11H12BrN3O2/c1-2-17-11(16)9-5-8-10(6-13-7-14-8)15(9)4-3-12/h5-7H,2-4H2,1H3. The fourth-order valence-corrected chi connectivity index (χ4v) is 2.04. The summed E-state index contributed by atoms with van der Waals surface area (Å²) in [6.45, 7) is 2.82. The molecule has 0 amide bonds. The molecule has 0 spiro atoms. The summed E-state index contributed by atoms with van der Waals surface area (Å²) in [5.74, 6) is -0.327. The van der Waals surface area contributed by atoms with Crippen molar-refractivity contribution in [2.45, 2.75) is 13.5 Å². The number of aryl methyl sites for hydroxylation is 1. The first kappa shape index (κ1) is 12.0. The molecule has 6 heteroatoms. The maximum atomic E-state index is 11.8. The fourth-order valence-electron chi connectivity index (χ4n) is 1.69. The first-order chi connectivity index (χ1) is 8.27. The van der Waals surface area contributed by atoms with Gasteiger partial charge in [0.1, 0.15) is 12.0 Å². The molecule has 0 aromatic carbocycles. The van der Waals surface area contributed by atoms with Gasteiger partial charge in [0.15, 0.2) is 0 Å². The molecular weight excluding hydrogens is 286 g/mol. The second-order valence-corrected chi connectivity index (χ2v) is 4.18. The van der Waals surface area contributed by atoms with Crippen molar-refractivity contribution in [2.75, 3.05) is 11.9 Å². The summed E-state index contributed by atoms with van der Waals surface area (Å²) in [6, 6.07) is 1.73. The summed E-state index contributed by atoms with van der Waals surface area (Å²) in [4.78, 5) is 19.9. The van der Waals surface area contributed by atoms with Crippen LogP contribution in [0.25, 0.3) is 11.0 Å². The molecule has 0 atom stereocenters. The van der Waals surface area contributed by atoms with Crippen LogP contribution < -0.4 is 0 Å². The molecule has 0 aliphatic heterocycles. The summed E-state index contributed by atoms with van der Waals surface area (Å²) in [6.07, 6.45) is 3.17. The normalized spacial score (nSPS) is 10.7. The number of fused-ring (bicyclic) bond motifs is 1. The Morgan fingerprint density at radius 3 is 3.12 bits per heavy atom. The molecule has 0 aliphatic carbocycles. The van der Waals surface area contributed by atoms with Crippen molar-refractivity contribution >= 4 is 32.9 Å². The lowest BCUT2D eigenvalue weighted by Gasteiger charge is -2.07. The number of carbonyl (C=O) groups excluding carboxylic acids is 1. The highest BCUT2D eigenvalue weighted by molar-refractivity contribution is 9.09. The second kappa shape index (κ2) is 5.27. The van der Waals surface area contributed by atoms with E-state index in [2.05, 4.69) is 25.9 Å². The number of rotatable bonds is 4. The average molecular weight is 298 g/mol. The summed E-state index contributed by atoms with van der Waals surface area (Å²) in [5, 5.41) is 0.748. The number of ether oxygens (including phenoxy) is 1. The second-order valence-electron chi connectivity index (χ2n) is 3.38. The number of hydrogen-bond acceptors (Lipinski definition) is 4. The van der Waals surface area contributed by atoms with Crippen LogP contribution in [0.1, 0.15) is 17.4 Å². The van der Waals surface area contributed by atoms with E-state index in [1.165, 1.54) is 6.33 Å². The van der Waals surface area contributed by atoms with E-state index < -0.39 is 0 Å². The third-order valence-electron chi connectivity index (χ3n) is 2.37. The van der Waals surface area contributed by atoms with E-state index in [0.717, 1.165) is 16.4 Å². The smallest absolute Gasteiger partial charge is 0.355 e. The van der Waals surface area contributed by atoms with Gasteiger partial charge in [-0.25, -0.2) is 14.8 Å². The zero-order valence-electron chi connectivity index (χ0n) is 9.39. The number of esters is 1. The molecule has 17 heavy (non-hydrogen) atoms. The predicted molar refractivity (Wildman–Crippen MR) is 67.3 cm³/mol. The lowest BCUT2D eigenvalue weighted by atomic mass is 10.4. The van der Waals surface area contributed by atoms with Crippen molar-refractivity contribution in [3.63, 3.8) is 0 Å². The number of halogens is 1. The van der Waals surface area contributed by atoms with Crippen LogP contribution in [0.2, 0.25) is 0 Å². The molecule has 2 aromatic rings. The highest BCUT2D eigenvalue weighted by Crippen LogP contribution is 2.18. The molecule has 90 valence electrons. The van der Waals surface area contributed by atoms with Crippen LogP contribution in [0, 0.1) is 0 Å². The molecule has 0 aliphatic rings. The van der Waals surface area contributed by atoms with Crippen LogP contribution in [0.3, 0.4) is 0 Å². The largest absolute Gasteiger partial charge is 0.461 e. The number of alkyl halides is 1. The summed E-state index contributed by atoms with van der Waals surface area (Å²) in [7, 11) is 0. The molecule has 0 fully saturated rings. The Bertz CT molecular complexity index is 538. The topological polar surface area (TPSA) is 57.0 Å². The van der Waals surface area contributed by atoms with Crippen LogP contribution in [0.4, 0.5) is 0 Å². The van der Waals surface area contributed by atoms with E-state index in [1.807, 2.05) is 4.57 Å². The van der Waals surface area contributed by atoms with E-state index in [1.54, 1.807) is 19.2 Å². The third-order valence-corrected chi connectivity index (χ3v) is 2.73. The molecule has 2 rings (SSSR count). The van der Waals surface area contributed by atoms with Gasteiger partial charge in [-0.05, 0) is 13.0 Å². The summed E-state index contributed by atoms with van der Waals surface area (Å²) >= 11 is 3.37. The molecule has 0 N–H and O–H groups in total. The zero-order valence-corrected chi connectivity index (χ0v) is 11.0. The van der Waals surface area contributed by atoms with E-state index in [-0.39, 0.29) is 5.97 Å². The van der Waals surface area contributed by atoms with Crippen LogP contribution in [0.15, 0.2) is 18.6 Å². The minimum atomic E-state index is -0.327. The maximum Gasteiger partial charge on any atom is 0.355 e. The van der Waals surface area contributed by atoms with Gasteiger partial charge in [0.05, 0.1) is 23.8 Å². The number of aromatic nitrogens is 3. The van der Waals surface area contributed by atoms with E-state index >= 15 is 0 Å². The molecule has 5 nitrogen and oxygen atoms in total. The molecule has 2 heterocycles. The van der Waals surface area contributed by atoms with Gasteiger partial charge in [-0.15, -0.1) is 0 Å². The van der Waals surface area contributed by atoms with Crippen LogP contribution in [-0.4, -0.2) is 32.4 Å². The van der Waals surface area contributed by atoms with Gasteiger partial charge in [0, 0.05) is 11.9 Å². The Balaban J connectivity index is 2.53. The van der Waals surface area contributed by atoms with Crippen molar-refractivity contribution in [2.24, 2.45) is 0 Å². The van der Waals surface area contributed by atoms with Gasteiger partial charge < -0.3 is 9.30 Å². The average Bonchev–Trinajstić information content (AvgIpc) is 2.70. The van der Waals surface area contributed by atoms with Gasteiger partial charge in [0.2, 0.25) is 0 Å². The van der Waals surface area contributed by atoms with Crippen molar-refractivity contribution in [3.05, 3.63) is 24.3 Å². The highest BCUT2D eigenvalue weighted by atomic mass is 79.9. The first-order valence-electron chi connectivity index (χ1n) is 5.30. The Morgan fingerprint density at radius 2 is 2.41 bits per heavy atom. The summed E-state index contributed by atoms with van der Waals surface area (Å²) in [5.41, 5.74) is 2.11. The zero-order chi connectivity index (χ0) is 12.3. The minimum Gasteiger partial charge on any atom is -0.461 e. The lowest BCUT2D eigenvalue weighted by molar-refractivity contribution is 0.0514. The van der Waals surface area contributed by atoms with E-state index in [9.17, 15) is 4.79 Å². The monoisotopic (exact) mass is 297 g/mol. The van der Waals surface area contributed by atoms with Crippen molar-refractivity contribution in [1.82, 2.24) is 14.5 Å². The molecular formula is C11H12BrN3O2. The Labute approximate surface area is 107 Å². The number of hydrogen-bond donors (Lipinski definition) is 0. The molecule has 0 radical (unpaired) electrons. The number of carbonyl (C=O) groups is 1. The van der Waals surface area contributed by atoms with Crippen LogP contribution in [-0.2, 0) is 11.3 Å². The van der Waals surface area contributed by atoms with Gasteiger partial charge >= 0.3 is 5.97 Å². The van der Waals surface area contributed by atoms with Crippen molar-refractivity contribution in [3.8, 4) is 0 Å². The Hall–Kier alpha value is -1.43. The SMILES string of the molecule is CCOC(=O)c1cc2ncncc2n1CCBr. The van der Waals surface area contributed by atoms with E-state index in [4.69, 9.17) is 4.74 Å². The van der Waals surface area contributed by atoms with Crippen molar-refractivity contribution in [1.29, 1.82) is 0 Å². The molecule has 0 saturated heterocycles. The highest BCUT2D eigenvalue weighted by Gasteiger charge is 2.16. The third kappa shape index (κ3) is 2.31. The van der Waals surface area contributed by atoms with Gasteiger partial charge in [0.25, 0.3) is 0 Å². The number of nitrogens with zero attached hydrogens (tertiary/aromatic N) is 3. The summed E-state index contributed by atoms with van der Waals surface area (Å²) < 4.78 is 6.88. The molecule has 0 bridgehead atoms. The van der Waals surface area contributed by atoms with Crippen LogP contribution in [0.5, 0.6) is 0 Å².